The van der Waals surface area contributed by atoms with Crippen molar-refractivity contribution in [3.8, 4) is 0 Å². The van der Waals surface area contributed by atoms with Crippen LogP contribution < -0.4 is 4.90 Å². The Kier molecular flexibility index (Phi) is 4.56. The van der Waals surface area contributed by atoms with Gasteiger partial charge in [0.1, 0.15) is 12.1 Å². The third kappa shape index (κ3) is 3.46. The van der Waals surface area contributed by atoms with Gasteiger partial charge in [0, 0.05) is 31.9 Å². The molecule has 3 aromatic rings. The average Bonchev–Trinajstić information content (AvgIpc) is 2.99. The molecule has 0 bridgehead atoms. The van der Waals surface area contributed by atoms with E-state index in [9.17, 15) is 0 Å². The molecule has 0 saturated carbocycles. The van der Waals surface area contributed by atoms with Gasteiger partial charge in [-0.2, -0.15) is 5.10 Å². The zero-order valence-corrected chi connectivity index (χ0v) is 14.5. The number of H-pyrrole nitrogens is 1. The first-order valence-electron chi connectivity index (χ1n) is 8.80. The molecule has 0 aromatic carbocycles. The molecule has 1 saturated heterocycles. The Morgan fingerprint density at radius 1 is 1.20 bits per heavy atom. The molecule has 7 heteroatoms. The van der Waals surface area contributed by atoms with Crippen molar-refractivity contribution in [3.05, 3.63) is 42.6 Å². The van der Waals surface area contributed by atoms with E-state index < -0.39 is 0 Å². The molecule has 0 spiro atoms. The standard InChI is InChI=1S/C18H23N7/c1-24(12-14-5-2-3-8-19-14)15-6-4-9-25(10-7-15)18-16-11-22-23-17(16)20-13-21-18/h2-3,5,8,11,13,15H,4,6-7,9-10,12H2,1H3,(H,20,21,22,23). The summed E-state index contributed by atoms with van der Waals surface area (Å²) in [5.74, 6) is 0.992. The van der Waals surface area contributed by atoms with E-state index in [1.807, 2.05) is 18.5 Å². The number of hydrogen-bond acceptors (Lipinski definition) is 6. The summed E-state index contributed by atoms with van der Waals surface area (Å²) in [5.41, 5.74) is 1.93. The van der Waals surface area contributed by atoms with Crippen molar-refractivity contribution in [1.82, 2.24) is 30.0 Å². The highest BCUT2D eigenvalue weighted by Gasteiger charge is 2.22. The zero-order valence-electron chi connectivity index (χ0n) is 14.5. The highest BCUT2D eigenvalue weighted by Crippen LogP contribution is 2.25. The van der Waals surface area contributed by atoms with Crippen LogP contribution in [0.1, 0.15) is 25.0 Å². The number of rotatable bonds is 4. The number of anilines is 1. The Bertz CT molecular complexity index is 816. The van der Waals surface area contributed by atoms with Gasteiger partial charge in [-0.25, -0.2) is 9.97 Å². The van der Waals surface area contributed by atoms with Crippen molar-refractivity contribution in [1.29, 1.82) is 0 Å². The fourth-order valence-corrected chi connectivity index (χ4v) is 3.61. The molecular formula is C18H23N7. The third-order valence-electron chi connectivity index (χ3n) is 4.99. The van der Waals surface area contributed by atoms with Gasteiger partial charge in [0.05, 0.1) is 17.3 Å². The molecular weight excluding hydrogens is 314 g/mol. The highest BCUT2D eigenvalue weighted by atomic mass is 15.2. The lowest BCUT2D eigenvalue weighted by atomic mass is 10.1. The lowest BCUT2D eigenvalue weighted by molar-refractivity contribution is 0.215. The van der Waals surface area contributed by atoms with Crippen molar-refractivity contribution < 1.29 is 0 Å². The van der Waals surface area contributed by atoms with E-state index in [0.29, 0.717) is 6.04 Å². The van der Waals surface area contributed by atoms with Crippen molar-refractivity contribution >= 4 is 16.9 Å². The summed E-state index contributed by atoms with van der Waals surface area (Å²) in [6.45, 7) is 2.91. The lowest BCUT2D eigenvalue weighted by Crippen LogP contribution is -2.33. The smallest absolute Gasteiger partial charge is 0.160 e. The van der Waals surface area contributed by atoms with Crippen molar-refractivity contribution in [2.75, 3.05) is 25.0 Å². The predicted molar refractivity (Wildman–Crippen MR) is 97.2 cm³/mol. The third-order valence-corrected chi connectivity index (χ3v) is 4.99. The summed E-state index contributed by atoms with van der Waals surface area (Å²) < 4.78 is 0. The fraction of sp³-hybridized carbons (Fsp3) is 0.444. The first kappa shape index (κ1) is 16.0. The minimum absolute atomic E-state index is 0.564. The van der Waals surface area contributed by atoms with E-state index >= 15 is 0 Å². The zero-order chi connectivity index (χ0) is 17.1. The van der Waals surface area contributed by atoms with Crippen LogP contribution in [0, 0.1) is 0 Å². The first-order chi connectivity index (χ1) is 12.3. The van der Waals surface area contributed by atoms with Gasteiger partial charge in [-0.05, 0) is 38.4 Å². The molecule has 4 heterocycles. The monoisotopic (exact) mass is 337 g/mol. The number of fused-ring (bicyclic) bond motifs is 1. The van der Waals surface area contributed by atoms with Crippen LogP contribution in [-0.2, 0) is 6.54 Å². The summed E-state index contributed by atoms with van der Waals surface area (Å²) >= 11 is 0. The van der Waals surface area contributed by atoms with E-state index in [-0.39, 0.29) is 0 Å². The molecule has 130 valence electrons. The summed E-state index contributed by atoms with van der Waals surface area (Å²) in [4.78, 5) is 18.0. The summed E-state index contributed by atoms with van der Waals surface area (Å²) in [5, 5.41) is 8.03. The van der Waals surface area contributed by atoms with Gasteiger partial charge in [0.15, 0.2) is 5.65 Å². The second-order valence-corrected chi connectivity index (χ2v) is 6.64. The number of aromatic amines is 1. The second-order valence-electron chi connectivity index (χ2n) is 6.64. The van der Waals surface area contributed by atoms with Gasteiger partial charge in [-0.3, -0.25) is 15.0 Å². The van der Waals surface area contributed by atoms with E-state index in [4.69, 9.17) is 0 Å². The molecule has 4 rings (SSSR count). The Labute approximate surface area is 147 Å². The predicted octanol–water partition coefficient (Wildman–Crippen LogP) is 2.24. The molecule has 3 aromatic heterocycles. The quantitative estimate of drug-likeness (QED) is 0.787. The molecule has 1 N–H and O–H groups in total. The molecule has 0 radical (unpaired) electrons. The molecule has 7 nitrogen and oxygen atoms in total. The van der Waals surface area contributed by atoms with Crippen molar-refractivity contribution in [2.45, 2.75) is 31.8 Å². The molecule has 1 aliphatic heterocycles. The highest BCUT2D eigenvalue weighted by molar-refractivity contribution is 5.86. The second kappa shape index (κ2) is 7.14. The maximum Gasteiger partial charge on any atom is 0.160 e. The number of nitrogens with one attached hydrogen (secondary N) is 1. The lowest BCUT2D eigenvalue weighted by Gasteiger charge is -2.27. The van der Waals surface area contributed by atoms with Crippen molar-refractivity contribution in [3.63, 3.8) is 0 Å². The Morgan fingerprint density at radius 3 is 3.04 bits per heavy atom. The van der Waals surface area contributed by atoms with Crippen LogP contribution >= 0.6 is 0 Å². The topological polar surface area (TPSA) is 73.8 Å². The van der Waals surface area contributed by atoms with E-state index in [2.05, 4.69) is 54.1 Å². The SMILES string of the molecule is CN(Cc1ccccn1)C1CCCN(c2ncnc3[nH]ncc23)CC1. The molecule has 0 aliphatic carbocycles. The maximum atomic E-state index is 4.51. The molecule has 1 unspecified atom stereocenters. The fourth-order valence-electron chi connectivity index (χ4n) is 3.61. The van der Waals surface area contributed by atoms with E-state index in [1.165, 1.54) is 6.42 Å². The van der Waals surface area contributed by atoms with Crippen LogP contribution in [0.3, 0.4) is 0 Å². The molecule has 25 heavy (non-hydrogen) atoms. The Morgan fingerprint density at radius 2 is 2.16 bits per heavy atom. The average molecular weight is 337 g/mol. The van der Waals surface area contributed by atoms with Gasteiger partial charge < -0.3 is 4.90 Å². The van der Waals surface area contributed by atoms with Crippen LogP contribution in [-0.4, -0.2) is 56.2 Å². The minimum atomic E-state index is 0.564. The van der Waals surface area contributed by atoms with Gasteiger partial charge in [-0.1, -0.05) is 6.07 Å². The number of hydrogen-bond donors (Lipinski definition) is 1. The van der Waals surface area contributed by atoms with Crippen LogP contribution in [0.15, 0.2) is 36.9 Å². The number of pyridine rings is 1. The number of aromatic nitrogens is 5. The molecule has 1 atom stereocenters. The van der Waals surface area contributed by atoms with E-state index in [0.717, 1.165) is 55.0 Å². The molecule has 1 aliphatic rings. The normalized spacial score (nSPS) is 18.6. The van der Waals surface area contributed by atoms with Gasteiger partial charge in [0.2, 0.25) is 0 Å². The van der Waals surface area contributed by atoms with E-state index in [1.54, 1.807) is 6.33 Å². The van der Waals surface area contributed by atoms with Crippen LogP contribution in [0.4, 0.5) is 5.82 Å². The summed E-state index contributed by atoms with van der Waals surface area (Å²) in [6.07, 6.45) is 8.77. The van der Waals surface area contributed by atoms with Gasteiger partial charge in [-0.15, -0.1) is 0 Å². The van der Waals surface area contributed by atoms with Crippen molar-refractivity contribution in [2.24, 2.45) is 0 Å². The maximum absolute atomic E-state index is 4.51. The van der Waals surface area contributed by atoms with Gasteiger partial charge >= 0.3 is 0 Å². The first-order valence-corrected chi connectivity index (χ1v) is 8.80. The number of nitrogens with zero attached hydrogens (tertiary/aromatic N) is 6. The Hall–Kier alpha value is -2.54. The Balaban J connectivity index is 1.44. The minimum Gasteiger partial charge on any atom is -0.356 e. The van der Waals surface area contributed by atoms with Crippen LogP contribution in [0.5, 0.6) is 0 Å². The molecule has 1 fully saturated rings. The van der Waals surface area contributed by atoms with Gasteiger partial charge in [0.25, 0.3) is 0 Å². The summed E-state index contributed by atoms with van der Waals surface area (Å²) in [7, 11) is 2.20. The largest absolute Gasteiger partial charge is 0.356 e. The van der Waals surface area contributed by atoms with Crippen LogP contribution in [0.2, 0.25) is 0 Å². The summed E-state index contributed by atoms with van der Waals surface area (Å²) in [6, 6.07) is 6.67. The molecule has 0 amide bonds. The van der Waals surface area contributed by atoms with Crippen LogP contribution in [0.25, 0.3) is 11.0 Å².